The number of methoxy groups -OCH3 is 2. The zero-order valence-corrected chi connectivity index (χ0v) is 20.8. The average Bonchev–Trinajstić information content (AvgIpc) is 2.75. The number of benzene rings is 1. The van der Waals surface area contributed by atoms with Crippen LogP contribution >= 0.6 is 23.2 Å². The van der Waals surface area contributed by atoms with Gasteiger partial charge in [-0.3, -0.25) is 0 Å². The summed E-state index contributed by atoms with van der Waals surface area (Å²) in [6.07, 6.45) is 8.39. The number of nitrogens with zero attached hydrogens (tertiary/aromatic N) is 1. The number of hydrogen-bond acceptors (Lipinski definition) is 4. The summed E-state index contributed by atoms with van der Waals surface area (Å²) in [5, 5.41) is 1.18. The third-order valence-corrected chi connectivity index (χ3v) is 7.23. The Balaban J connectivity index is 2.04. The molecule has 0 amide bonds. The van der Waals surface area contributed by atoms with Crippen LogP contribution in [0.5, 0.6) is 0 Å². The standard InChI is InChI=1S/C25H35Cl2NO3/c1-18(2)25(20(10-14-29)16-21(30-4)17-24(25)31-5)11-6-12-28(3)13-9-19-7-8-22(26)23(27)15-19/h7-8,14-18,20H,6,9-13H2,1-5H3. The van der Waals surface area contributed by atoms with Crippen LogP contribution in [0.4, 0.5) is 0 Å². The lowest BCUT2D eigenvalue weighted by Gasteiger charge is -2.46. The normalized spacial score (nSPS) is 21.1. The predicted octanol–water partition coefficient (Wildman–Crippen LogP) is 6.17. The van der Waals surface area contributed by atoms with Gasteiger partial charge in [0.15, 0.2) is 0 Å². The van der Waals surface area contributed by atoms with E-state index in [9.17, 15) is 4.79 Å². The molecule has 4 nitrogen and oxygen atoms in total. The molecule has 0 saturated heterocycles. The summed E-state index contributed by atoms with van der Waals surface area (Å²) in [7, 11) is 5.50. The summed E-state index contributed by atoms with van der Waals surface area (Å²) >= 11 is 12.1. The molecule has 0 N–H and O–H groups in total. The van der Waals surface area contributed by atoms with Gasteiger partial charge in [-0.25, -0.2) is 0 Å². The molecule has 1 aliphatic rings. The van der Waals surface area contributed by atoms with Crippen LogP contribution in [0.2, 0.25) is 10.0 Å². The second-order valence-electron chi connectivity index (χ2n) is 8.60. The van der Waals surface area contributed by atoms with Gasteiger partial charge in [-0.1, -0.05) is 43.1 Å². The van der Waals surface area contributed by atoms with Crippen molar-refractivity contribution in [1.82, 2.24) is 4.90 Å². The molecule has 0 radical (unpaired) electrons. The molecule has 0 spiro atoms. The van der Waals surface area contributed by atoms with Crippen molar-refractivity contribution in [2.75, 3.05) is 34.4 Å². The fraction of sp³-hybridized carbons (Fsp3) is 0.560. The molecule has 1 aliphatic carbocycles. The fourth-order valence-electron chi connectivity index (χ4n) is 4.68. The van der Waals surface area contributed by atoms with Crippen LogP contribution in [0.15, 0.2) is 41.9 Å². The summed E-state index contributed by atoms with van der Waals surface area (Å²) in [6.45, 7) is 6.32. The molecule has 31 heavy (non-hydrogen) atoms. The molecule has 1 aromatic rings. The highest BCUT2D eigenvalue weighted by Crippen LogP contribution is 2.51. The van der Waals surface area contributed by atoms with E-state index in [2.05, 4.69) is 31.9 Å². The number of aldehydes is 1. The van der Waals surface area contributed by atoms with Gasteiger partial charge in [0.25, 0.3) is 0 Å². The first-order chi connectivity index (χ1) is 14.8. The van der Waals surface area contributed by atoms with Gasteiger partial charge in [0.2, 0.25) is 0 Å². The van der Waals surface area contributed by atoms with Crippen LogP contribution in [-0.4, -0.2) is 45.5 Å². The van der Waals surface area contributed by atoms with Gasteiger partial charge in [-0.15, -0.1) is 0 Å². The largest absolute Gasteiger partial charge is 0.500 e. The second kappa shape index (κ2) is 11.9. The Morgan fingerprint density at radius 1 is 1.16 bits per heavy atom. The summed E-state index contributed by atoms with van der Waals surface area (Å²) in [5.41, 5.74) is 0.961. The maximum Gasteiger partial charge on any atom is 0.120 e. The monoisotopic (exact) mass is 467 g/mol. The second-order valence-corrected chi connectivity index (χ2v) is 9.41. The maximum atomic E-state index is 11.5. The smallest absolute Gasteiger partial charge is 0.120 e. The SMILES string of the molecule is COC1=CC(CC=O)C(CCCN(C)CCc2ccc(Cl)c(Cl)c2)(C(C)C)C(OC)=C1. The molecule has 172 valence electrons. The topological polar surface area (TPSA) is 38.8 Å². The summed E-state index contributed by atoms with van der Waals surface area (Å²) in [4.78, 5) is 13.8. The molecule has 2 atom stereocenters. The van der Waals surface area contributed by atoms with Gasteiger partial charge in [-0.05, 0) is 62.5 Å². The Morgan fingerprint density at radius 2 is 1.90 bits per heavy atom. The number of allylic oxidation sites excluding steroid dienone is 3. The van der Waals surface area contributed by atoms with Crippen molar-refractivity contribution < 1.29 is 14.3 Å². The van der Waals surface area contributed by atoms with E-state index in [0.29, 0.717) is 22.4 Å². The lowest BCUT2D eigenvalue weighted by Crippen LogP contribution is -2.40. The molecule has 2 unspecified atom stereocenters. The van der Waals surface area contributed by atoms with Gasteiger partial charge in [0, 0.05) is 30.4 Å². The van der Waals surface area contributed by atoms with E-state index in [1.54, 1.807) is 14.2 Å². The van der Waals surface area contributed by atoms with Crippen molar-refractivity contribution in [3.8, 4) is 0 Å². The first-order valence-electron chi connectivity index (χ1n) is 10.9. The Hall–Kier alpha value is -1.49. The molecule has 0 heterocycles. The van der Waals surface area contributed by atoms with Crippen molar-refractivity contribution in [3.63, 3.8) is 0 Å². The van der Waals surface area contributed by atoms with Gasteiger partial charge in [0.1, 0.15) is 17.8 Å². The number of likely N-dealkylation sites (N-methyl/N-ethyl adjacent to an activating group) is 1. The molecular weight excluding hydrogens is 433 g/mol. The van der Waals surface area contributed by atoms with Gasteiger partial charge >= 0.3 is 0 Å². The van der Waals surface area contributed by atoms with Crippen LogP contribution < -0.4 is 0 Å². The van der Waals surface area contributed by atoms with E-state index in [-0.39, 0.29) is 11.3 Å². The van der Waals surface area contributed by atoms with E-state index >= 15 is 0 Å². The number of carbonyl (C=O) groups excluding carboxylic acids is 1. The summed E-state index contributed by atoms with van der Waals surface area (Å²) < 4.78 is 11.3. The zero-order chi connectivity index (χ0) is 23.0. The van der Waals surface area contributed by atoms with Crippen LogP contribution in [0.25, 0.3) is 0 Å². The Bertz CT molecular complexity index is 806. The van der Waals surface area contributed by atoms with E-state index < -0.39 is 0 Å². The molecule has 0 saturated carbocycles. The lowest BCUT2D eigenvalue weighted by atomic mass is 9.61. The minimum Gasteiger partial charge on any atom is -0.500 e. The Kier molecular flexibility index (Phi) is 9.92. The molecular formula is C25H35Cl2NO3. The Morgan fingerprint density at radius 3 is 2.48 bits per heavy atom. The van der Waals surface area contributed by atoms with Crippen LogP contribution in [0.1, 0.15) is 38.7 Å². The third kappa shape index (κ3) is 6.27. The molecule has 1 aromatic carbocycles. The predicted molar refractivity (Wildman–Crippen MR) is 129 cm³/mol. The molecule has 0 fully saturated rings. The quantitative estimate of drug-likeness (QED) is 0.344. The number of rotatable bonds is 12. The number of hydrogen-bond donors (Lipinski definition) is 0. The zero-order valence-electron chi connectivity index (χ0n) is 19.3. The number of halogens is 2. The van der Waals surface area contributed by atoms with Gasteiger partial charge in [-0.2, -0.15) is 0 Å². The summed E-state index contributed by atoms with van der Waals surface area (Å²) in [6, 6.07) is 5.81. The third-order valence-electron chi connectivity index (χ3n) is 6.49. The van der Waals surface area contributed by atoms with Gasteiger partial charge < -0.3 is 19.2 Å². The molecule has 0 aromatic heterocycles. The molecule has 2 rings (SSSR count). The van der Waals surface area contributed by atoms with Crippen LogP contribution in [0.3, 0.4) is 0 Å². The Labute approximate surface area is 197 Å². The highest BCUT2D eigenvalue weighted by Gasteiger charge is 2.46. The minimum atomic E-state index is -0.220. The van der Waals surface area contributed by atoms with Crippen LogP contribution in [-0.2, 0) is 20.7 Å². The average molecular weight is 468 g/mol. The van der Waals surface area contributed by atoms with E-state index in [1.807, 2.05) is 24.3 Å². The lowest BCUT2D eigenvalue weighted by molar-refractivity contribution is -0.109. The molecule has 6 heteroatoms. The van der Waals surface area contributed by atoms with E-state index in [1.165, 1.54) is 5.56 Å². The van der Waals surface area contributed by atoms with Crippen molar-refractivity contribution in [3.05, 3.63) is 57.5 Å². The van der Waals surface area contributed by atoms with Crippen molar-refractivity contribution in [2.45, 2.75) is 39.5 Å². The van der Waals surface area contributed by atoms with Gasteiger partial charge in [0.05, 0.1) is 24.3 Å². The first-order valence-corrected chi connectivity index (χ1v) is 11.6. The summed E-state index contributed by atoms with van der Waals surface area (Å²) in [5.74, 6) is 2.05. The van der Waals surface area contributed by atoms with Crippen LogP contribution in [0, 0.1) is 17.3 Å². The number of ether oxygens (including phenoxy) is 2. The van der Waals surface area contributed by atoms with E-state index in [4.69, 9.17) is 32.7 Å². The molecule has 0 bridgehead atoms. The highest BCUT2D eigenvalue weighted by atomic mass is 35.5. The van der Waals surface area contributed by atoms with Crippen molar-refractivity contribution in [2.24, 2.45) is 17.3 Å². The maximum absolute atomic E-state index is 11.5. The number of carbonyl (C=O) groups is 1. The van der Waals surface area contributed by atoms with Crippen molar-refractivity contribution in [1.29, 1.82) is 0 Å². The van der Waals surface area contributed by atoms with Crippen molar-refractivity contribution >= 4 is 29.5 Å². The van der Waals surface area contributed by atoms with E-state index in [0.717, 1.165) is 50.2 Å². The minimum absolute atomic E-state index is 0.0569. The highest BCUT2D eigenvalue weighted by molar-refractivity contribution is 6.42. The molecule has 0 aliphatic heterocycles. The fourth-order valence-corrected chi connectivity index (χ4v) is 5.00. The first kappa shape index (κ1) is 25.8.